The first-order chi connectivity index (χ1) is 15.6. The van der Waals surface area contributed by atoms with Gasteiger partial charge in [0.2, 0.25) is 0 Å². The topological polar surface area (TPSA) is 74.1 Å². The average Bonchev–Trinajstić information content (AvgIpc) is 3.09. The van der Waals surface area contributed by atoms with Gasteiger partial charge in [-0.3, -0.25) is 4.98 Å². The monoisotopic (exact) mass is 493 g/mol. The molecule has 0 amide bonds. The Morgan fingerprint density at radius 2 is 1.64 bits per heavy atom. The number of hydrogen-bond acceptors (Lipinski definition) is 5. The molecule has 0 bridgehead atoms. The molecule has 0 unspecified atom stereocenters. The number of aromatic nitrogens is 3. The van der Waals surface area contributed by atoms with Crippen LogP contribution in [0.1, 0.15) is 19.2 Å². The molecule has 0 radical (unpaired) electrons. The van der Waals surface area contributed by atoms with Crippen molar-refractivity contribution in [2.45, 2.75) is 25.8 Å². The SMILES string of the molecule is CCCS(=O)(=O)Cc1nc(-c2ccncc2)c(-c2ccc(F)cc2)n1COCCS(C)(C)C. The van der Waals surface area contributed by atoms with Gasteiger partial charge in [-0.05, 0) is 61.6 Å². The van der Waals surface area contributed by atoms with Crippen LogP contribution in [0.4, 0.5) is 4.39 Å². The van der Waals surface area contributed by atoms with Gasteiger partial charge in [0.15, 0.2) is 9.84 Å². The molecular formula is C24H32FN3O3S2. The highest BCUT2D eigenvalue weighted by Gasteiger charge is 2.24. The van der Waals surface area contributed by atoms with Gasteiger partial charge in [-0.1, -0.05) is 6.92 Å². The fourth-order valence-corrected chi connectivity index (χ4v) is 5.40. The Kier molecular flexibility index (Phi) is 8.31. The molecule has 1 aromatic carbocycles. The summed E-state index contributed by atoms with van der Waals surface area (Å²) in [4.78, 5) is 8.84. The van der Waals surface area contributed by atoms with Crippen molar-refractivity contribution < 1.29 is 17.5 Å². The highest BCUT2D eigenvalue weighted by molar-refractivity contribution is 8.32. The van der Waals surface area contributed by atoms with Crippen LogP contribution in [-0.2, 0) is 27.1 Å². The summed E-state index contributed by atoms with van der Waals surface area (Å²) in [7, 11) is -4.07. The van der Waals surface area contributed by atoms with E-state index in [0.29, 0.717) is 30.2 Å². The summed E-state index contributed by atoms with van der Waals surface area (Å²) < 4.78 is 46.9. The van der Waals surface area contributed by atoms with E-state index in [2.05, 4.69) is 23.8 Å². The Bertz CT molecular complexity index is 1160. The molecule has 0 N–H and O–H groups in total. The zero-order valence-electron chi connectivity index (χ0n) is 19.6. The predicted octanol–water partition coefficient (Wildman–Crippen LogP) is 4.74. The maximum Gasteiger partial charge on any atom is 0.157 e. The smallest absolute Gasteiger partial charge is 0.157 e. The molecule has 9 heteroatoms. The van der Waals surface area contributed by atoms with Gasteiger partial charge in [-0.15, -0.1) is 0 Å². The van der Waals surface area contributed by atoms with Crippen LogP contribution in [0.2, 0.25) is 0 Å². The van der Waals surface area contributed by atoms with E-state index in [1.165, 1.54) is 12.1 Å². The van der Waals surface area contributed by atoms with E-state index in [1.54, 1.807) is 24.5 Å². The molecule has 2 heterocycles. The molecule has 180 valence electrons. The molecule has 0 aliphatic heterocycles. The summed E-state index contributed by atoms with van der Waals surface area (Å²) >= 11 is 0. The average molecular weight is 494 g/mol. The lowest BCUT2D eigenvalue weighted by atomic mass is 10.1. The summed E-state index contributed by atoms with van der Waals surface area (Å²) in [5, 5.41) is 0. The summed E-state index contributed by atoms with van der Waals surface area (Å²) in [6, 6.07) is 9.79. The molecule has 2 aromatic heterocycles. The molecule has 0 saturated carbocycles. The first kappa shape index (κ1) is 25.4. The second-order valence-corrected chi connectivity index (χ2v) is 15.6. The van der Waals surface area contributed by atoms with Gasteiger partial charge in [0.1, 0.15) is 24.1 Å². The van der Waals surface area contributed by atoms with E-state index < -0.39 is 19.9 Å². The van der Waals surface area contributed by atoms with E-state index in [4.69, 9.17) is 9.72 Å². The van der Waals surface area contributed by atoms with Crippen LogP contribution in [0.5, 0.6) is 0 Å². The van der Waals surface area contributed by atoms with Crippen LogP contribution >= 0.6 is 10.0 Å². The molecule has 0 aliphatic carbocycles. The van der Waals surface area contributed by atoms with E-state index >= 15 is 0 Å². The standard InChI is InChI=1S/C24H32FN3O3S2/c1-5-15-33(29,30)17-22-27-23(19-10-12-26-13-11-19)24(20-6-8-21(25)9-7-20)28(22)18-31-14-16-32(2,3)4/h6-13H,5,14-18H2,1-4H3. The third-order valence-corrected chi connectivity index (χ3v) is 8.16. The van der Waals surface area contributed by atoms with Gasteiger partial charge >= 0.3 is 0 Å². The van der Waals surface area contributed by atoms with E-state index in [-0.39, 0.29) is 24.1 Å². The molecular weight excluding hydrogens is 461 g/mol. The van der Waals surface area contributed by atoms with Crippen LogP contribution in [0.3, 0.4) is 0 Å². The first-order valence-corrected chi connectivity index (χ1v) is 15.6. The van der Waals surface area contributed by atoms with Crippen LogP contribution in [0, 0.1) is 5.82 Å². The summed E-state index contributed by atoms with van der Waals surface area (Å²) in [6.07, 6.45) is 10.5. The number of rotatable bonds is 11. The molecule has 0 spiro atoms. The van der Waals surface area contributed by atoms with Crippen LogP contribution in [-0.4, -0.2) is 59.8 Å². The summed E-state index contributed by atoms with van der Waals surface area (Å²) in [6.45, 7) is 2.57. The molecule has 3 rings (SSSR count). The summed E-state index contributed by atoms with van der Waals surface area (Å²) in [5.41, 5.74) is 2.86. The van der Waals surface area contributed by atoms with Crippen LogP contribution < -0.4 is 0 Å². The van der Waals surface area contributed by atoms with Crippen molar-refractivity contribution in [3.8, 4) is 22.5 Å². The zero-order valence-corrected chi connectivity index (χ0v) is 21.3. The van der Waals surface area contributed by atoms with Crippen molar-refractivity contribution in [2.75, 3.05) is 36.9 Å². The number of halogens is 1. The molecule has 0 fully saturated rings. The maximum absolute atomic E-state index is 13.7. The van der Waals surface area contributed by atoms with Crippen LogP contribution in [0.15, 0.2) is 48.8 Å². The third-order valence-electron chi connectivity index (χ3n) is 5.04. The summed E-state index contributed by atoms with van der Waals surface area (Å²) in [5.74, 6) is 0.912. The van der Waals surface area contributed by atoms with Gasteiger partial charge < -0.3 is 9.30 Å². The second kappa shape index (κ2) is 10.8. The van der Waals surface area contributed by atoms with Gasteiger partial charge in [0.25, 0.3) is 0 Å². The van der Waals surface area contributed by atoms with E-state index in [9.17, 15) is 12.8 Å². The minimum atomic E-state index is -3.34. The highest BCUT2D eigenvalue weighted by atomic mass is 32.3. The highest BCUT2D eigenvalue weighted by Crippen LogP contribution is 2.35. The van der Waals surface area contributed by atoms with Gasteiger partial charge in [-0.2, -0.15) is 0 Å². The number of imidazole rings is 1. The Morgan fingerprint density at radius 1 is 0.970 bits per heavy atom. The number of nitrogens with zero attached hydrogens (tertiary/aromatic N) is 3. The van der Waals surface area contributed by atoms with Crippen molar-refractivity contribution in [1.82, 2.24) is 14.5 Å². The minimum Gasteiger partial charge on any atom is -0.360 e. The second-order valence-electron chi connectivity index (χ2n) is 8.82. The Morgan fingerprint density at radius 3 is 2.24 bits per heavy atom. The molecule has 3 aromatic rings. The molecule has 33 heavy (non-hydrogen) atoms. The number of hydrogen-bond donors (Lipinski definition) is 0. The Labute approximate surface area is 197 Å². The first-order valence-electron chi connectivity index (χ1n) is 10.8. The quantitative estimate of drug-likeness (QED) is 0.361. The largest absolute Gasteiger partial charge is 0.360 e. The van der Waals surface area contributed by atoms with Crippen molar-refractivity contribution in [1.29, 1.82) is 0 Å². The van der Waals surface area contributed by atoms with E-state index in [0.717, 1.165) is 16.9 Å². The number of benzene rings is 1. The van der Waals surface area contributed by atoms with Gasteiger partial charge in [0.05, 0.1) is 23.7 Å². The molecule has 0 atom stereocenters. The van der Waals surface area contributed by atoms with Crippen LogP contribution in [0.25, 0.3) is 22.5 Å². The number of pyridine rings is 1. The fourth-order valence-electron chi connectivity index (χ4n) is 3.40. The predicted molar refractivity (Wildman–Crippen MR) is 135 cm³/mol. The molecule has 0 saturated heterocycles. The lowest BCUT2D eigenvalue weighted by molar-refractivity contribution is 0.0891. The Hall–Kier alpha value is -2.23. The zero-order chi connectivity index (χ0) is 24.1. The lowest BCUT2D eigenvalue weighted by Crippen LogP contribution is -2.16. The Balaban J connectivity index is 2.11. The fraction of sp³-hybridized carbons (Fsp3) is 0.417. The number of sulfone groups is 1. The maximum atomic E-state index is 13.7. The van der Waals surface area contributed by atoms with Crippen molar-refractivity contribution in [3.05, 3.63) is 60.4 Å². The molecule has 0 aliphatic rings. The van der Waals surface area contributed by atoms with Crippen molar-refractivity contribution in [3.63, 3.8) is 0 Å². The normalized spacial score (nSPS) is 12.8. The lowest BCUT2D eigenvalue weighted by Gasteiger charge is -2.25. The van der Waals surface area contributed by atoms with Crippen molar-refractivity contribution >= 4 is 19.9 Å². The van der Waals surface area contributed by atoms with Crippen molar-refractivity contribution in [2.24, 2.45) is 0 Å². The molecule has 6 nitrogen and oxygen atoms in total. The van der Waals surface area contributed by atoms with E-state index in [1.807, 2.05) is 23.6 Å². The van der Waals surface area contributed by atoms with Gasteiger partial charge in [0, 0.05) is 29.3 Å². The third kappa shape index (κ3) is 7.12. The minimum absolute atomic E-state index is 0.0879. The number of ether oxygens (including phenoxy) is 1. The van der Waals surface area contributed by atoms with Gasteiger partial charge in [-0.25, -0.2) is 27.8 Å².